The summed E-state index contributed by atoms with van der Waals surface area (Å²) in [5.74, 6) is 0. The van der Waals surface area contributed by atoms with Gasteiger partial charge < -0.3 is 4.90 Å². The SMILES string of the molecule is CCCCCCCC/C=C\CCCCCCCCN(C)CCCCCCCCCCCCCCCCCCCCCC.Cl. The van der Waals surface area contributed by atoms with Crippen molar-refractivity contribution >= 4 is 12.4 Å². The first-order chi connectivity index (χ1) is 20.8. The van der Waals surface area contributed by atoms with Crippen LogP contribution in [0.1, 0.15) is 232 Å². The Kier molecular flexibility index (Phi) is 44.1. The maximum atomic E-state index is 2.59. The third-order valence-corrected chi connectivity index (χ3v) is 9.45. The number of hydrogen-bond donors (Lipinski definition) is 0. The molecule has 0 saturated carbocycles. The Morgan fingerprint density at radius 2 is 0.512 bits per heavy atom. The zero-order valence-corrected chi connectivity index (χ0v) is 31.3. The molecule has 0 heterocycles. The third-order valence-electron chi connectivity index (χ3n) is 9.45. The summed E-state index contributed by atoms with van der Waals surface area (Å²) in [5, 5.41) is 0. The third kappa shape index (κ3) is 42.0. The van der Waals surface area contributed by atoms with E-state index >= 15 is 0 Å². The van der Waals surface area contributed by atoms with Crippen LogP contribution in [0.4, 0.5) is 0 Å². The van der Waals surface area contributed by atoms with E-state index in [0.717, 1.165) is 0 Å². The van der Waals surface area contributed by atoms with Crippen LogP contribution in [-0.2, 0) is 0 Å². The zero-order valence-electron chi connectivity index (χ0n) is 30.5. The van der Waals surface area contributed by atoms with Crippen LogP contribution in [0.25, 0.3) is 0 Å². The average molecular weight is 627 g/mol. The lowest BCUT2D eigenvalue weighted by Gasteiger charge is -2.16. The summed E-state index contributed by atoms with van der Waals surface area (Å²) in [7, 11) is 2.34. The molecule has 0 aliphatic heterocycles. The standard InChI is InChI=1S/C41H83N.ClH/c1-4-6-8-10-12-14-16-18-20-22-23-24-25-27-29-31-33-35-37-39-41-42(3)40-38-36-34-32-30-28-26-21-19-17-15-13-11-9-7-5-2;/h19,21H,4-18,20,22-41H2,1-3H3;1H/b21-19-;. The first-order valence-electron chi connectivity index (χ1n) is 20.1. The highest BCUT2D eigenvalue weighted by Crippen LogP contribution is 2.15. The number of hydrogen-bond acceptors (Lipinski definition) is 1. The van der Waals surface area contributed by atoms with Crippen molar-refractivity contribution in [3.8, 4) is 0 Å². The number of halogens is 1. The molecule has 0 aromatic rings. The van der Waals surface area contributed by atoms with Crippen LogP contribution in [0.15, 0.2) is 12.2 Å². The summed E-state index contributed by atoms with van der Waals surface area (Å²) in [5.41, 5.74) is 0. The molecule has 260 valence electrons. The van der Waals surface area contributed by atoms with Crippen molar-refractivity contribution in [2.75, 3.05) is 20.1 Å². The molecule has 0 N–H and O–H groups in total. The molecule has 0 unspecified atom stereocenters. The van der Waals surface area contributed by atoms with Crippen molar-refractivity contribution in [2.45, 2.75) is 232 Å². The van der Waals surface area contributed by atoms with E-state index in [0.29, 0.717) is 0 Å². The molecule has 0 amide bonds. The lowest BCUT2D eigenvalue weighted by molar-refractivity contribution is 0.314. The van der Waals surface area contributed by atoms with Gasteiger partial charge in [-0.2, -0.15) is 0 Å². The largest absolute Gasteiger partial charge is 0.306 e. The van der Waals surface area contributed by atoms with E-state index in [1.807, 2.05) is 0 Å². The molecule has 0 atom stereocenters. The van der Waals surface area contributed by atoms with E-state index in [4.69, 9.17) is 0 Å². The molecule has 0 radical (unpaired) electrons. The van der Waals surface area contributed by atoms with Gasteiger partial charge in [0.1, 0.15) is 0 Å². The van der Waals surface area contributed by atoms with Gasteiger partial charge in [0.25, 0.3) is 0 Å². The summed E-state index contributed by atoms with van der Waals surface area (Å²) in [6.07, 6.45) is 53.9. The van der Waals surface area contributed by atoms with Crippen LogP contribution < -0.4 is 0 Å². The molecule has 0 saturated heterocycles. The van der Waals surface area contributed by atoms with Crippen molar-refractivity contribution < 1.29 is 0 Å². The quantitative estimate of drug-likeness (QED) is 0.0490. The lowest BCUT2D eigenvalue weighted by atomic mass is 10.0. The monoisotopic (exact) mass is 626 g/mol. The van der Waals surface area contributed by atoms with Gasteiger partial charge >= 0.3 is 0 Å². The Bertz CT molecular complexity index is 490. The molecule has 0 bridgehead atoms. The van der Waals surface area contributed by atoms with Gasteiger partial charge in [-0.05, 0) is 58.7 Å². The Balaban J connectivity index is 0. The summed E-state index contributed by atoms with van der Waals surface area (Å²) in [6, 6.07) is 0. The topological polar surface area (TPSA) is 3.24 Å². The van der Waals surface area contributed by atoms with Gasteiger partial charge in [-0.3, -0.25) is 0 Å². The second-order valence-electron chi connectivity index (χ2n) is 14.0. The summed E-state index contributed by atoms with van der Waals surface area (Å²) >= 11 is 0. The molecule has 0 spiro atoms. The molecule has 1 nitrogen and oxygen atoms in total. The molecule has 0 aromatic carbocycles. The van der Waals surface area contributed by atoms with Crippen LogP contribution in [0.2, 0.25) is 0 Å². The minimum Gasteiger partial charge on any atom is -0.306 e. The molecule has 0 aliphatic carbocycles. The Labute approximate surface area is 281 Å². The second kappa shape index (κ2) is 42.0. The minimum absolute atomic E-state index is 0. The number of rotatable bonds is 37. The van der Waals surface area contributed by atoms with Crippen LogP contribution in [0, 0.1) is 0 Å². The normalized spacial score (nSPS) is 11.6. The molecule has 0 aliphatic rings. The van der Waals surface area contributed by atoms with Gasteiger partial charge in [-0.15, -0.1) is 12.4 Å². The lowest BCUT2D eigenvalue weighted by Crippen LogP contribution is -2.20. The van der Waals surface area contributed by atoms with Crippen LogP contribution in [0.5, 0.6) is 0 Å². The van der Waals surface area contributed by atoms with E-state index in [1.165, 1.54) is 231 Å². The van der Waals surface area contributed by atoms with Gasteiger partial charge in [-0.1, -0.05) is 206 Å². The van der Waals surface area contributed by atoms with Crippen molar-refractivity contribution in [1.29, 1.82) is 0 Å². The van der Waals surface area contributed by atoms with Gasteiger partial charge in [-0.25, -0.2) is 0 Å². The van der Waals surface area contributed by atoms with E-state index < -0.39 is 0 Å². The molecule has 43 heavy (non-hydrogen) atoms. The fourth-order valence-corrected chi connectivity index (χ4v) is 6.38. The maximum Gasteiger partial charge on any atom is -0.00218 e. The van der Waals surface area contributed by atoms with Gasteiger partial charge in [0, 0.05) is 0 Å². The number of allylic oxidation sites excluding steroid dienone is 2. The fourth-order valence-electron chi connectivity index (χ4n) is 6.38. The highest BCUT2D eigenvalue weighted by Gasteiger charge is 2.00. The summed E-state index contributed by atoms with van der Waals surface area (Å²) in [6.45, 7) is 7.22. The first kappa shape index (κ1) is 45.1. The van der Waals surface area contributed by atoms with Crippen LogP contribution in [0.3, 0.4) is 0 Å². The molecular formula is C41H84ClN. The smallest absolute Gasteiger partial charge is 0.00218 e. The molecule has 2 heteroatoms. The highest BCUT2D eigenvalue weighted by atomic mass is 35.5. The van der Waals surface area contributed by atoms with Crippen molar-refractivity contribution in [3.63, 3.8) is 0 Å². The predicted molar refractivity (Wildman–Crippen MR) is 202 cm³/mol. The molecule has 0 fully saturated rings. The Morgan fingerprint density at radius 3 is 0.767 bits per heavy atom. The molecular weight excluding hydrogens is 542 g/mol. The second-order valence-corrected chi connectivity index (χ2v) is 14.0. The molecule has 0 aromatic heterocycles. The van der Waals surface area contributed by atoms with Crippen molar-refractivity contribution in [3.05, 3.63) is 12.2 Å². The van der Waals surface area contributed by atoms with Gasteiger partial charge in [0.15, 0.2) is 0 Å². The zero-order chi connectivity index (χ0) is 30.4. The molecule has 0 rings (SSSR count). The van der Waals surface area contributed by atoms with Gasteiger partial charge in [0.2, 0.25) is 0 Å². The Morgan fingerprint density at radius 1 is 0.302 bits per heavy atom. The highest BCUT2D eigenvalue weighted by molar-refractivity contribution is 5.85. The minimum atomic E-state index is 0. The number of unbranched alkanes of at least 4 members (excludes halogenated alkanes) is 31. The van der Waals surface area contributed by atoms with Crippen molar-refractivity contribution in [2.24, 2.45) is 0 Å². The summed E-state index contributed by atoms with van der Waals surface area (Å²) < 4.78 is 0. The van der Waals surface area contributed by atoms with Crippen molar-refractivity contribution in [1.82, 2.24) is 4.90 Å². The van der Waals surface area contributed by atoms with Crippen LogP contribution >= 0.6 is 12.4 Å². The summed E-state index contributed by atoms with van der Waals surface area (Å²) in [4.78, 5) is 2.59. The fraction of sp³-hybridized carbons (Fsp3) is 0.951. The van der Waals surface area contributed by atoms with E-state index in [1.54, 1.807) is 0 Å². The van der Waals surface area contributed by atoms with E-state index in [2.05, 4.69) is 37.9 Å². The van der Waals surface area contributed by atoms with Gasteiger partial charge in [0.05, 0.1) is 0 Å². The first-order valence-corrected chi connectivity index (χ1v) is 20.1. The average Bonchev–Trinajstić information content (AvgIpc) is 3.00. The van der Waals surface area contributed by atoms with Crippen LogP contribution in [-0.4, -0.2) is 25.0 Å². The Hall–Kier alpha value is -0.0100. The predicted octanol–water partition coefficient (Wildman–Crippen LogP) is 15.2. The number of nitrogens with zero attached hydrogens (tertiary/aromatic N) is 1. The van der Waals surface area contributed by atoms with E-state index in [-0.39, 0.29) is 12.4 Å². The maximum absolute atomic E-state index is 2.59. The van der Waals surface area contributed by atoms with E-state index in [9.17, 15) is 0 Å².